The largest absolute Gasteiger partial charge is 0.478 e. The number of carboxylic acids is 1. The Morgan fingerprint density at radius 1 is 1.32 bits per heavy atom. The van der Waals surface area contributed by atoms with E-state index in [2.05, 4.69) is 11.9 Å². The topological polar surface area (TPSA) is 59.4 Å². The van der Waals surface area contributed by atoms with Crippen molar-refractivity contribution in [2.45, 2.75) is 26.2 Å². The maximum atomic E-state index is 11.3. The molecule has 0 amide bonds. The van der Waals surface area contributed by atoms with E-state index in [1.807, 2.05) is 6.07 Å². The summed E-state index contributed by atoms with van der Waals surface area (Å²) < 4.78 is 5.53. The van der Waals surface area contributed by atoms with Crippen LogP contribution in [0.25, 0.3) is 10.9 Å². The van der Waals surface area contributed by atoms with Gasteiger partial charge in [0.2, 0.25) is 5.88 Å². The number of unbranched alkanes of at least 4 members (excludes halogenated alkanes) is 2. The Labute approximate surface area is 112 Å². The van der Waals surface area contributed by atoms with E-state index in [0.29, 0.717) is 23.4 Å². The van der Waals surface area contributed by atoms with Gasteiger partial charge in [-0.2, -0.15) is 0 Å². The molecule has 0 spiro atoms. The van der Waals surface area contributed by atoms with E-state index < -0.39 is 5.97 Å². The van der Waals surface area contributed by atoms with E-state index in [1.165, 1.54) is 6.07 Å². The predicted molar refractivity (Wildman–Crippen MR) is 73.7 cm³/mol. The lowest BCUT2D eigenvalue weighted by molar-refractivity contribution is 0.0698. The van der Waals surface area contributed by atoms with Crippen molar-refractivity contribution in [2.75, 3.05) is 6.61 Å². The van der Waals surface area contributed by atoms with Crippen molar-refractivity contribution in [2.24, 2.45) is 0 Å². The van der Waals surface area contributed by atoms with Gasteiger partial charge >= 0.3 is 5.97 Å². The molecular formula is C15H17NO3. The molecule has 4 nitrogen and oxygen atoms in total. The zero-order valence-corrected chi connectivity index (χ0v) is 10.9. The third kappa shape index (κ3) is 3.22. The second kappa shape index (κ2) is 6.18. The van der Waals surface area contributed by atoms with Gasteiger partial charge in [0, 0.05) is 11.5 Å². The molecule has 0 aliphatic carbocycles. The van der Waals surface area contributed by atoms with Gasteiger partial charge in [0.05, 0.1) is 17.7 Å². The zero-order valence-electron chi connectivity index (χ0n) is 10.9. The Kier molecular flexibility index (Phi) is 4.34. The smallest absolute Gasteiger partial charge is 0.336 e. The van der Waals surface area contributed by atoms with Crippen LogP contribution in [-0.4, -0.2) is 22.7 Å². The number of benzene rings is 1. The number of nitrogens with zero attached hydrogens (tertiary/aromatic N) is 1. The molecule has 1 heterocycles. The number of hydrogen-bond acceptors (Lipinski definition) is 3. The van der Waals surface area contributed by atoms with Crippen LogP contribution in [0, 0.1) is 0 Å². The first-order valence-corrected chi connectivity index (χ1v) is 6.48. The van der Waals surface area contributed by atoms with Crippen LogP contribution in [0.3, 0.4) is 0 Å². The molecule has 2 aromatic rings. The van der Waals surface area contributed by atoms with E-state index in [4.69, 9.17) is 4.74 Å². The monoisotopic (exact) mass is 259 g/mol. The lowest BCUT2D eigenvalue weighted by atomic mass is 10.1. The summed E-state index contributed by atoms with van der Waals surface area (Å²) in [5, 5.41) is 9.87. The Bertz CT molecular complexity index is 581. The van der Waals surface area contributed by atoms with Crippen LogP contribution < -0.4 is 4.74 Å². The number of rotatable bonds is 6. The Morgan fingerprint density at radius 3 is 2.84 bits per heavy atom. The molecule has 1 N–H and O–H groups in total. The fraction of sp³-hybridized carbons (Fsp3) is 0.333. The summed E-state index contributed by atoms with van der Waals surface area (Å²) in [6.07, 6.45) is 3.17. The first-order chi connectivity index (χ1) is 9.22. The summed E-state index contributed by atoms with van der Waals surface area (Å²) in [4.78, 5) is 15.6. The van der Waals surface area contributed by atoms with Crippen LogP contribution in [0.2, 0.25) is 0 Å². The summed E-state index contributed by atoms with van der Waals surface area (Å²) in [7, 11) is 0. The first kappa shape index (κ1) is 13.3. The minimum absolute atomic E-state index is 0.232. The number of aromatic nitrogens is 1. The van der Waals surface area contributed by atoms with Crippen molar-refractivity contribution in [3.8, 4) is 5.88 Å². The molecule has 0 atom stereocenters. The standard InChI is InChI=1S/C15H17NO3/c1-2-3-6-9-19-14-10-12(15(17)18)11-7-4-5-8-13(11)16-14/h4-5,7-8,10H,2-3,6,9H2,1H3,(H,17,18). The van der Waals surface area contributed by atoms with E-state index in [9.17, 15) is 9.90 Å². The van der Waals surface area contributed by atoms with Crippen molar-refractivity contribution in [1.82, 2.24) is 4.98 Å². The lowest BCUT2D eigenvalue weighted by Crippen LogP contribution is -2.03. The molecule has 0 saturated heterocycles. The number of hydrogen-bond donors (Lipinski definition) is 1. The van der Waals surface area contributed by atoms with Crippen molar-refractivity contribution in [1.29, 1.82) is 0 Å². The van der Waals surface area contributed by atoms with Gasteiger partial charge in [0.15, 0.2) is 0 Å². The van der Waals surface area contributed by atoms with E-state index >= 15 is 0 Å². The SMILES string of the molecule is CCCCCOc1cc(C(=O)O)c2ccccc2n1. The van der Waals surface area contributed by atoms with Crippen LogP contribution in [-0.2, 0) is 0 Å². The van der Waals surface area contributed by atoms with Crippen LogP contribution >= 0.6 is 0 Å². The third-order valence-electron chi connectivity index (χ3n) is 2.92. The van der Waals surface area contributed by atoms with Gasteiger partial charge in [-0.05, 0) is 12.5 Å². The maximum absolute atomic E-state index is 11.3. The molecule has 1 aromatic carbocycles. The molecule has 0 unspecified atom stereocenters. The Balaban J connectivity index is 2.27. The molecule has 0 fully saturated rings. The highest BCUT2D eigenvalue weighted by Crippen LogP contribution is 2.22. The minimum atomic E-state index is -0.961. The summed E-state index contributed by atoms with van der Waals surface area (Å²) >= 11 is 0. The molecule has 0 radical (unpaired) electrons. The molecule has 0 saturated carbocycles. The number of para-hydroxylation sites is 1. The van der Waals surface area contributed by atoms with Gasteiger partial charge in [-0.3, -0.25) is 0 Å². The van der Waals surface area contributed by atoms with Gasteiger partial charge in [-0.15, -0.1) is 0 Å². The molecular weight excluding hydrogens is 242 g/mol. The highest BCUT2D eigenvalue weighted by Gasteiger charge is 2.11. The third-order valence-corrected chi connectivity index (χ3v) is 2.92. The normalized spacial score (nSPS) is 10.6. The first-order valence-electron chi connectivity index (χ1n) is 6.48. The zero-order chi connectivity index (χ0) is 13.7. The number of fused-ring (bicyclic) bond motifs is 1. The van der Waals surface area contributed by atoms with Crippen molar-refractivity contribution in [3.05, 3.63) is 35.9 Å². The van der Waals surface area contributed by atoms with Crippen LogP contribution in [0.5, 0.6) is 5.88 Å². The molecule has 0 aliphatic heterocycles. The summed E-state index contributed by atoms with van der Waals surface area (Å²) in [6, 6.07) is 8.68. The lowest BCUT2D eigenvalue weighted by Gasteiger charge is -2.08. The Hall–Kier alpha value is -2.10. The fourth-order valence-electron chi connectivity index (χ4n) is 1.93. The molecule has 0 aliphatic rings. The molecule has 1 aromatic heterocycles. The van der Waals surface area contributed by atoms with E-state index in [1.54, 1.807) is 18.2 Å². The molecule has 19 heavy (non-hydrogen) atoms. The molecule has 4 heteroatoms. The summed E-state index contributed by atoms with van der Waals surface area (Å²) in [6.45, 7) is 2.69. The summed E-state index contributed by atoms with van der Waals surface area (Å²) in [5.41, 5.74) is 0.879. The van der Waals surface area contributed by atoms with Crippen molar-refractivity contribution < 1.29 is 14.6 Å². The van der Waals surface area contributed by atoms with Gasteiger partial charge in [0.1, 0.15) is 0 Å². The average molecular weight is 259 g/mol. The minimum Gasteiger partial charge on any atom is -0.478 e. The van der Waals surface area contributed by atoms with Crippen molar-refractivity contribution >= 4 is 16.9 Å². The Morgan fingerprint density at radius 2 is 2.11 bits per heavy atom. The number of aromatic carboxylic acids is 1. The molecule has 100 valence electrons. The molecule has 0 bridgehead atoms. The average Bonchev–Trinajstić information content (AvgIpc) is 2.42. The second-order valence-corrected chi connectivity index (χ2v) is 4.39. The van der Waals surface area contributed by atoms with Gasteiger partial charge in [-0.1, -0.05) is 38.0 Å². The highest BCUT2D eigenvalue weighted by atomic mass is 16.5. The predicted octanol–water partition coefficient (Wildman–Crippen LogP) is 3.50. The maximum Gasteiger partial charge on any atom is 0.336 e. The van der Waals surface area contributed by atoms with E-state index in [0.717, 1.165) is 19.3 Å². The van der Waals surface area contributed by atoms with Crippen LogP contribution in [0.4, 0.5) is 0 Å². The van der Waals surface area contributed by atoms with Gasteiger partial charge < -0.3 is 9.84 Å². The highest BCUT2D eigenvalue weighted by molar-refractivity contribution is 6.02. The fourth-order valence-corrected chi connectivity index (χ4v) is 1.93. The quantitative estimate of drug-likeness (QED) is 0.806. The van der Waals surface area contributed by atoms with Gasteiger partial charge in [0.25, 0.3) is 0 Å². The summed E-state index contributed by atoms with van der Waals surface area (Å²) in [5.74, 6) is -0.579. The van der Waals surface area contributed by atoms with Crippen LogP contribution in [0.15, 0.2) is 30.3 Å². The van der Waals surface area contributed by atoms with Gasteiger partial charge in [-0.25, -0.2) is 9.78 Å². The second-order valence-electron chi connectivity index (χ2n) is 4.39. The number of carbonyl (C=O) groups is 1. The molecule has 2 rings (SSSR count). The number of ether oxygens (including phenoxy) is 1. The van der Waals surface area contributed by atoms with Crippen LogP contribution in [0.1, 0.15) is 36.5 Å². The number of carboxylic acid groups (broad SMARTS) is 1. The number of pyridine rings is 1. The van der Waals surface area contributed by atoms with E-state index in [-0.39, 0.29) is 5.56 Å². The van der Waals surface area contributed by atoms with Crippen molar-refractivity contribution in [3.63, 3.8) is 0 Å².